The number of nitrogens with one attached hydrogen (secondary N) is 1. The van der Waals surface area contributed by atoms with Gasteiger partial charge in [0.1, 0.15) is 35.0 Å². The predicted octanol–water partition coefficient (Wildman–Crippen LogP) is 5.03. The summed E-state index contributed by atoms with van der Waals surface area (Å²) in [5.74, 6) is -0.629. The molecule has 4 aromatic heterocycles. The van der Waals surface area contributed by atoms with Gasteiger partial charge >= 0.3 is 0 Å². The van der Waals surface area contributed by atoms with Crippen LogP contribution in [0.2, 0.25) is 0 Å². The number of amides is 4. The molecule has 0 spiro atoms. The number of aromatic nitrogens is 8. The first-order valence-electron chi connectivity index (χ1n) is 20.4. The van der Waals surface area contributed by atoms with Crippen LogP contribution in [0.3, 0.4) is 0 Å². The third-order valence-corrected chi connectivity index (χ3v) is 10.6. The van der Waals surface area contributed by atoms with E-state index in [0.717, 1.165) is 11.1 Å². The summed E-state index contributed by atoms with van der Waals surface area (Å²) in [4.78, 5) is 61.5. The van der Waals surface area contributed by atoms with Crippen LogP contribution in [0.5, 0.6) is 11.5 Å². The molecule has 0 aliphatic heterocycles. The number of nitrogens with zero attached hydrogens (tertiary/aromatic N) is 9. The van der Waals surface area contributed by atoms with Gasteiger partial charge in [0.25, 0.3) is 11.8 Å². The summed E-state index contributed by atoms with van der Waals surface area (Å²) >= 11 is 0. The summed E-state index contributed by atoms with van der Waals surface area (Å²) in [6.07, 6.45) is 2.00. The molecule has 18 heteroatoms. The number of ether oxygens (including phenoxy) is 2. The van der Waals surface area contributed by atoms with E-state index in [1.807, 2.05) is 61.1 Å². The number of rotatable bonds is 17. The van der Waals surface area contributed by atoms with E-state index in [9.17, 15) is 19.2 Å². The molecule has 4 heterocycles. The fourth-order valence-electron chi connectivity index (χ4n) is 7.55. The number of imidazole rings is 2. The minimum absolute atomic E-state index is 0.176. The largest absolute Gasteiger partial charge is 0.497 e. The molecule has 322 valence electrons. The van der Waals surface area contributed by atoms with Crippen molar-refractivity contribution in [2.45, 2.75) is 79.7 Å². The summed E-state index contributed by atoms with van der Waals surface area (Å²) in [5, 5.41) is 11.8. The van der Waals surface area contributed by atoms with Crippen molar-refractivity contribution in [3.05, 3.63) is 112 Å². The Labute approximate surface area is 356 Å². The van der Waals surface area contributed by atoms with Crippen LogP contribution in [-0.4, -0.2) is 69.0 Å². The molecule has 7 rings (SSSR count). The van der Waals surface area contributed by atoms with Crippen LogP contribution in [-0.2, 0) is 39.8 Å². The maximum absolute atomic E-state index is 13.9. The summed E-state index contributed by atoms with van der Waals surface area (Å²) < 4.78 is 20.6. The lowest BCUT2D eigenvalue weighted by molar-refractivity contribution is 0.0980. The fourth-order valence-corrected chi connectivity index (χ4v) is 7.55. The molecule has 0 aliphatic rings. The van der Waals surface area contributed by atoms with Crippen molar-refractivity contribution in [3.63, 3.8) is 0 Å². The van der Waals surface area contributed by atoms with Crippen LogP contribution in [0.25, 0.3) is 22.1 Å². The second-order valence-corrected chi connectivity index (χ2v) is 14.9. The zero-order valence-corrected chi connectivity index (χ0v) is 35.6. The number of carbonyl (C=O) groups is 4. The maximum Gasteiger partial charge on any atom is 0.298 e. The summed E-state index contributed by atoms with van der Waals surface area (Å²) in [5.41, 5.74) is 17.8. The number of benzene rings is 3. The Bertz CT molecular complexity index is 2910. The molecule has 4 amide bonds. The molecule has 0 fully saturated rings. The van der Waals surface area contributed by atoms with Gasteiger partial charge in [-0.15, -0.1) is 0 Å². The molecule has 0 saturated heterocycles. The van der Waals surface area contributed by atoms with Gasteiger partial charge in [-0.2, -0.15) is 15.2 Å². The van der Waals surface area contributed by atoms with E-state index in [2.05, 4.69) is 20.5 Å². The van der Waals surface area contributed by atoms with Crippen molar-refractivity contribution in [1.82, 2.24) is 38.2 Å². The Balaban J connectivity index is 1.21. The number of hydrogen-bond donors (Lipinski definition) is 3. The zero-order chi connectivity index (χ0) is 44.2. The van der Waals surface area contributed by atoms with Crippen molar-refractivity contribution >= 4 is 51.6 Å². The molecule has 5 N–H and O–H groups in total. The second kappa shape index (κ2) is 18.0. The molecule has 0 aliphatic carbocycles. The van der Waals surface area contributed by atoms with E-state index in [1.54, 1.807) is 70.6 Å². The van der Waals surface area contributed by atoms with Crippen LogP contribution in [0.4, 0.5) is 5.95 Å². The minimum Gasteiger partial charge on any atom is -0.497 e. The van der Waals surface area contributed by atoms with Crippen LogP contribution in [0.15, 0.2) is 71.7 Å². The number of methoxy groups -OCH3 is 1. The lowest BCUT2D eigenvalue weighted by Gasteiger charge is -2.13. The Hall–Kier alpha value is -7.50. The van der Waals surface area contributed by atoms with Crippen LogP contribution in [0, 0.1) is 13.8 Å². The van der Waals surface area contributed by atoms with Gasteiger partial charge in [-0.3, -0.25) is 33.9 Å². The third kappa shape index (κ3) is 8.70. The number of unbranched alkanes of at least 4 members (excludes halogenated alkanes) is 2. The topological polar surface area (TPSA) is 226 Å². The summed E-state index contributed by atoms with van der Waals surface area (Å²) in [6, 6.07) is 19.2. The number of fused-ring (bicyclic) bond motifs is 2. The Morgan fingerprint density at radius 1 is 0.758 bits per heavy atom. The first-order chi connectivity index (χ1) is 29.8. The normalized spacial score (nSPS) is 11.7. The van der Waals surface area contributed by atoms with Crippen molar-refractivity contribution in [2.24, 2.45) is 23.5 Å². The smallest absolute Gasteiger partial charge is 0.298 e. The molecule has 3 aromatic carbocycles. The lowest BCUT2D eigenvalue weighted by Crippen LogP contribution is -2.27. The highest BCUT2D eigenvalue weighted by Gasteiger charge is 2.22. The number of carbonyl (C=O) groups excluding carboxylic acids is 4. The molecule has 0 atom stereocenters. The average Bonchev–Trinajstić information content (AvgIpc) is 4.01. The summed E-state index contributed by atoms with van der Waals surface area (Å²) in [7, 11) is 3.38. The van der Waals surface area contributed by atoms with Gasteiger partial charge in [0.15, 0.2) is 0 Å². The molecular formula is C44H50N12O6. The van der Waals surface area contributed by atoms with Crippen molar-refractivity contribution in [2.75, 3.05) is 12.4 Å². The number of hydrogen-bond acceptors (Lipinski definition) is 9. The molecule has 0 radical (unpaired) electrons. The maximum atomic E-state index is 13.9. The molecule has 18 nitrogen and oxygen atoms in total. The SMILES string of the molecule is CCn1nc(C)cc1C(=O)N=c1n(C)c2cc(C(N)=O)cc(OCc3ccc(OC)cc3)c2n1CCCCCn1c(NC(=O)c2cc(C)nn2CC)nc2cc(C(N)=O)ccc21. The molecule has 0 unspecified atom stereocenters. The van der Waals surface area contributed by atoms with Gasteiger partial charge in [-0.25, -0.2) is 4.98 Å². The van der Waals surface area contributed by atoms with Crippen molar-refractivity contribution < 1.29 is 28.7 Å². The third-order valence-electron chi connectivity index (χ3n) is 10.6. The summed E-state index contributed by atoms with van der Waals surface area (Å²) in [6.45, 7) is 9.53. The molecule has 0 bridgehead atoms. The first kappa shape index (κ1) is 42.6. The number of aryl methyl sites for hydroxylation is 7. The second-order valence-electron chi connectivity index (χ2n) is 14.9. The van der Waals surface area contributed by atoms with Gasteiger partial charge in [0, 0.05) is 44.4 Å². The van der Waals surface area contributed by atoms with Gasteiger partial charge in [0.05, 0.1) is 35.0 Å². The molecule has 7 aromatic rings. The number of nitrogens with two attached hydrogens (primary N) is 2. The highest BCUT2D eigenvalue weighted by Crippen LogP contribution is 2.29. The quantitative estimate of drug-likeness (QED) is 0.104. The van der Waals surface area contributed by atoms with E-state index < -0.39 is 17.7 Å². The van der Waals surface area contributed by atoms with E-state index in [4.69, 9.17) is 25.9 Å². The fraction of sp³-hybridized carbons (Fsp3) is 0.318. The number of anilines is 1. The van der Waals surface area contributed by atoms with E-state index in [1.165, 1.54) is 0 Å². The Morgan fingerprint density at radius 3 is 2.05 bits per heavy atom. The highest BCUT2D eigenvalue weighted by atomic mass is 16.5. The average molecular weight is 843 g/mol. The molecule has 0 saturated carbocycles. The van der Waals surface area contributed by atoms with Gasteiger partial charge in [0.2, 0.25) is 23.4 Å². The van der Waals surface area contributed by atoms with Crippen LogP contribution < -0.4 is 31.9 Å². The predicted molar refractivity (Wildman–Crippen MR) is 232 cm³/mol. The van der Waals surface area contributed by atoms with Gasteiger partial charge in [-0.05, 0) is 107 Å². The molecular weight excluding hydrogens is 793 g/mol. The monoisotopic (exact) mass is 842 g/mol. The highest BCUT2D eigenvalue weighted by molar-refractivity contribution is 6.03. The van der Waals surface area contributed by atoms with Crippen molar-refractivity contribution in [3.8, 4) is 11.5 Å². The van der Waals surface area contributed by atoms with Gasteiger partial charge in [-0.1, -0.05) is 12.1 Å². The molecule has 62 heavy (non-hydrogen) atoms. The van der Waals surface area contributed by atoms with Crippen LogP contribution >= 0.6 is 0 Å². The number of primary amides is 2. The zero-order valence-electron chi connectivity index (χ0n) is 35.6. The van der Waals surface area contributed by atoms with E-state index in [0.29, 0.717) is 113 Å². The lowest BCUT2D eigenvalue weighted by atomic mass is 10.1. The van der Waals surface area contributed by atoms with E-state index in [-0.39, 0.29) is 18.1 Å². The Morgan fingerprint density at radius 2 is 1.40 bits per heavy atom. The van der Waals surface area contributed by atoms with Crippen LogP contribution in [0.1, 0.15) is 91.8 Å². The Kier molecular flexibility index (Phi) is 12.4. The first-order valence-corrected chi connectivity index (χ1v) is 20.4. The minimum atomic E-state index is -0.634. The standard InChI is InChI=1S/C44H50N12O6/c1-7-55-35(20-26(3)50-55)41(59)48-43-47-32-22-29(39(45)57)14-17-33(32)53(43)18-10-9-11-19-54-38-34(52(5)44(54)49-42(60)36-21-27(4)51-56(36)8-2)23-30(40(46)58)24-37(38)62-25-28-12-15-31(61-6)16-13-28/h12-17,20-24H,7-11,18-19,25H2,1-6H3,(H2,45,57)(H2,46,58)(H,47,48,59). The van der Waals surface area contributed by atoms with E-state index >= 15 is 0 Å². The van der Waals surface area contributed by atoms with Crippen molar-refractivity contribution in [1.29, 1.82) is 0 Å². The van der Waals surface area contributed by atoms with Gasteiger partial charge < -0.3 is 34.6 Å².